The zero-order valence-corrected chi connectivity index (χ0v) is 19.0. The van der Waals surface area contributed by atoms with Crippen LogP contribution in [0.4, 0.5) is 4.79 Å². The molecule has 13 heteroatoms. The lowest BCUT2D eigenvalue weighted by molar-refractivity contribution is 0.0289. The number of amides is 1. The van der Waals surface area contributed by atoms with Crippen LogP contribution in [0.25, 0.3) is 0 Å². The number of nitrogens with zero attached hydrogens (tertiary/aromatic N) is 1. The van der Waals surface area contributed by atoms with Crippen LogP contribution in [-0.4, -0.2) is 71.1 Å². The molecule has 2 atom stereocenters. The highest BCUT2D eigenvalue weighted by Crippen LogP contribution is 2.20. The Labute approximate surface area is 174 Å². The summed E-state index contributed by atoms with van der Waals surface area (Å²) in [6, 6.07) is 0. The second kappa shape index (κ2) is 10.9. The van der Waals surface area contributed by atoms with Crippen molar-refractivity contribution in [2.75, 3.05) is 37.7 Å². The molecule has 168 valence electrons. The SMILES string of the molecule is CC(C)(C)OC(=O)N1CCC(CS(N)(=O)=O)C1.Cl.NS(=O)(=O)CC1CCNC1. The van der Waals surface area contributed by atoms with Gasteiger partial charge < -0.3 is 15.0 Å². The van der Waals surface area contributed by atoms with E-state index in [1.807, 2.05) is 0 Å². The summed E-state index contributed by atoms with van der Waals surface area (Å²) < 4.78 is 48.2. The lowest BCUT2D eigenvalue weighted by Crippen LogP contribution is -2.36. The molecule has 2 fully saturated rings. The van der Waals surface area contributed by atoms with Crippen molar-refractivity contribution in [3.8, 4) is 0 Å². The van der Waals surface area contributed by atoms with Gasteiger partial charge in [0.1, 0.15) is 5.60 Å². The molecular formula is C15H33ClN4O6S2. The molecule has 2 unspecified atom stereocenters. The summed E-state index contributed by atoms with van der Waals surface area (Å²) in [5.74, 6) is 0.194. The standard InChI is InChI=1S/C10H20N2O4S.C5H12N2O2S.ClH/c1-10(2,3)16-9(13)12-5-4-8(6-12)7-17(11,14)15;6-10(8,9)4-5-1-2-7-3-5;/h8H,4-7H2,1-3H3,(H2,11,14,15);5,7H,1-4H2,(H2,6,8,9);1H. The van der Waals surface area contributed by atoms with Crippen LogP contribution in [0.5, 0.6) is 0 Å². The van der Waals surface area contributed by atoms with E-state index < -0.39 is 31.7 Å². The van der Waals surface area contributed by atoms with Gasteiger partial charge in [0.2, 0.25) is 20.0 Å². The predicted molar refractivity (Wildman–Crippen MR) is 110 cm³/mol. The monoisotopic (exact) mass is 464 g/mol. The van der Waals surface area contributed by atoms with Crippen LogP contribution in [0.2, 0.25) is 0 Å². The quantitative estimate of drug-likeness (QED) is 0.520. The Balaban J connectivity index is 0.000000567. The average Bonchev–Trinajstić information content (AvgIpc) is 3.05. The minimum atomic E-state index is -3.47. The van der Waals surface area contributed by atoms with Crippen molar-refractivity contribution >= 4 is 38.5 Å². The highest BCUT2D eigenvalue weighted by atomic mass is 35.5. The van der Waals surface area contributed by atoms with Gasteiger partial charge in [0.05, 0.1) is 11.5 Å². The normalized spacial score (nSPS) is 22.8. The third-order valence-electron chi connectivity index (χ3n) is 4.04. The molecule has 2 rings (SSSR count). The van der Waals surface area contributed by atoms with Gasteiger partial charge in [-0.3, -0.25) is 0 Å². The Kier molecular flexibility index (Phi) is 10.7. The van der Waals surface area contributed by atoms with Crippen LogP contribution in [-0.2, 0) is 24.8 Å². The topological polar surface area (TPSA) is 162 Å². The number of carbonyl (C=O) groups excluding carboxylic acids is 1. The van der Waals surface area contributed by atoms with Crippen LogP contribution < -0.4 is 15.6 Å². The highest BCUT2D eigenvalue weighted by molar-refractivity contribution is 7.89. The molecule has 10 nitrogen and oxygen atoms in total. The molecule has 0 aromatic rings. The Hall–Kier alpha value is -0.660. The second-order valence-electron chi connectivity index (χ2n) is 8.10. The van der Waals surface area contributed by atoms with E-state index in [1.54, 1.807) is 20.8 Å². The number of rotatable bonds is 4. The van der Waals surface area contributed by atoms with Crippen molar-refractivity contribution in [3.63, 3.8) is 0 Å². The Morgan fingerprint density at radius 3 is 2.04 bits per heavy atom. The summed E-state index contributed by atoms with van der Waals surface area (Å²) in [4.78, 5) is 13.2. The summed E-state index contributed by atoms with van der Waals surface area (Å²) >= 11 is 0. The number of likely N-dealkylation sites (tertiary alicyclic amines) is 1. The summed E-state index contributed by atoms with van der Waals surface area (Å²) in [5.41, 5.74) is -0.533. The average molecular weight is 465 g/mol. The summed E-state index contributed by atoms with van der Waals surface area (Å²) in [6.45, 7) is 8.01. The molecule has 5 N–H and O–H groups in total. The number of halogens is 1. The van der Waals surface area contributed by atoms with Crippen LogP contribution in [0.1, 0.15) is 33.6 Å². The molecule has 2 aliphatic heterocycles. The van der Waals surface area contributed by atoms with Gasteiger partial charge in [0.15, 0.2) is 0 Å². The first-order valence-corrected chi connectivity index (χ1v) is 12.3. The van der Waals surface area contributed by atoms with Crippen LogP contribution in [0, 0.1) is 11.8 Å². The Bertz CT molecular complexity index is 703. The van der Waals surface area contributed by atoms with Crippen molar-refractivity contribution in [2.24, 2.45) is 22.1 Å². The first kappa shape index (κ1) is 27.3. The van der Waals surface area contributed by atoms with E-state index in [2.05, 4.69) is 5.32 Å². The van der Waals surface area contributed by atoms with Crippen molar-refractivity contribution < 1.29 is 26.4 Å². The predicted octanol–water partition coefficient (Wildman–Crippen LogP) is -0.162. The van der Waals surface area contributed by atoms with Crippen molar-refractivity contribution in [3.05, 3.63) is 0 Å². The number of primary sulfonamides is 2. The number of nitrogens with two attached hydrogens (primary N) is 2. The minimum absolute atomic E-state index is 0. The van der Waals surface area contributed by atoms with E-state index in [0.29, 0.717) is 19.5 Å². The van der Waals surface area contributed by atoms with E-state index in [9.17, 15) is 21.6 Å². The molecule has 0 aliphatic carbocycles. The molecule has 0 radical (unpaired) electrons. The van der Waals surface area contributed by atoms with Gasteiger partial charge >= 0.3 is 6.09 Å². The molecule has 0 saturated carbocycles. The third-order valence-corrected chi connectivity index (χ3v) is 5.91. The van der Waals surface area contributed by atoms with E-state index >= 15 is 0 Å². The van der Waals surface area contributed by atoms with E-state index in [4.69, 9.17) is 15.0 Å². The van der Waals surface area contributed by atoms with Gasteiger partial charge in [-0.25, -0.2) is 31.9 Å². The van der Waals surface area contributed by atoms with E-state index in [1.165, 1.54) is 4.90 Å². The van der Waals surface area contributed by atoms with Gasteiger partial charge in [-0.2, -0.15) is 0 Å². The van der Waals surface area contributed by atoms with Crippen LogP contribution in [0.15, 0.2) is 0 Å². The van der Waals surface area contributed by atoms with Crippen molar-refractivity contribution in [1.29, 1.82) is 0 Å². The fourth-order valence-corrected chi connectivity index (χ4v) is 4.85. The fourth-order valence-electron chi connectivity index (χ4n) is 2.97. The molecule has 0 bridgehead atoms. The smallest absolute Gasteiger partial charge is 0.410 e. The van der Waals surface area contributed by atoms with Crippen LogP contribution >= 0.6 is 12.4 Å². The molecule has 0 aromatic heterocycles. The molecule has 2 heterocycles. The summed E-state index contributed by atoms with van der Waals surface area (Å²) in [5, 5.41) is 12.9. The number of nitrogens with one attached hydrogen (secondary N) is 1. The van der Waals surface area contributed by atoms with Crippen molar-refractivity contribution in [1.82, 2.24) is 10.2 Å². The first-order chi connectivity index (χ1) is 12.1. The zero-order valence-electron chi connectivity index (χ0n) is 16.6. The molecular weight excluding hydrogens is 432 g/mol. The Morgan fingerprint density at radius 2 is 1.61 bits per heavy atom. The maximum absolute atomic E-state index is 11.7. The number of hydrogen-bond donors (Lipinski definition) is 3. The minimum Gasteiger partial charge on any atom is -0.444 e. The summed E-state index contributed by atoms with van der Waals surface area (Å²) in [6.07, 6.45) is 1.18. The van der Waals surface area contributed by atoms with E-state index in [-0.39, 0.29) is 35.7 Å². The molecule has 1 amide bonds. The molecule has 0 spiro atoms. The number of carbonyl (C=O) groups is 1. The number of sulfonamides is 2. The van der Waals surface area contributed by atoms with Crippen molar-refractivity contribution in [2.45, 2.75) is 39.2 Å². The van der Waals surface area contributed by atoms with Gasteiger partial charge in [0.25, 0.3) is 0 Å². The lowest BCUT2D eigenvalue weighted by atomic mass is 10.2. The van der Waals surface area contributed by atoms with Crippen LogP contribution in [0.3, 0.4) is 0 Å². The fraction of sp³-hybridized carbons (Fsp3) is 0.933. The largest absolute Gasteiger partial charge is 0.444 e. The second-order valence-corrected chi connectivity index (χ2v) is 11.4. The highest BCUT2D eigenvalue weighted by Gasteiger charge is 2.31. The van der Waals surface area contributed by atoms with Gasteiger partial charge in [-0.15, -0.1) is 12.4 Å². The molecule has 2 saturated heterocycles. The lowest BCUT2D eigenvalue weighted by Gasteiger charge is -2.24. The van der Waals surface area contributed by atoms with Gasteiger partial charge in [-0.1, -0.05) is 0 Å². The molecule has 0 aromatic carbocycles. The third kappa shape index (κ3) is 12.7. The first-order valence-electron chi connectivity index (χ1n) is 8.84. The number of ether oxygens (including phenoxy) is 1. The van der Waals surface area contributed by atoms with Gasteiger partial charge in [0, 0.05) is 13.1 Å². The summed E-state index contributed by atoms with van der Waals surface area (Å²) in [7, 11) is -6.72. The van der Waals surface area contributed by atoms with Gasteiger partial charge in [-0.05, 0) is 58.5 Å². The molecule has 2 aliphatic rings. The molecule has 28 heavy (non-hydrogen) atoms. The number of hydrogen-bond acceptors (Lipinski definition) is 7. The van der Waals surface area contributed by atoms with E-state index in [0.717, 1.165) is 19.5 Å². The zero-order chi connectivity index (χ0) is 20.9. The maximum Gasteiger partial charge on any atom is 0.410 e. The maximum atomic E-state index is 11.7. The Morgan fingerprint density at radius 1 is 1.07 bits per heavy atom.